The van der Waals surface area contributed by atoms with Crippen molar-refractivity contribution in [1.29, 1.82) is 0 Å². The summed E-state index contributed by atoms with van der Waals surface area (Å²) in [7, 11) is 0. The molecule has 29 heavy (non-hydrogen) atoms. The van der Waals surface area contributed by atoms with Gasteiger partial charge in [0.25, 0.3) is 0 Å². The molecule has 3 aromatic rings. The Labute approximate surface area is 172 Å². The number of benzene rings is 2. The number of fused-ring (bicyclic) bond motifs is 1. The summed E-state index contributed by atoms with van der Waals surface area (Å²) in [6, 6.07) is 17.9. The zero-order valence-electron chi connectivity index (χ0n) is 15.7. The maximum atomic E-state index is 12.6. The molecule has 0 saturated heterocycles. The van der Waals surface area contributed by atoms with Crippen LogP contribution in [0.3, 0.4) is 0 Å². The van der Waals surface area contributed by atoms with E-state index in [4.69, 9.17) is 14.2 Å². The number of ketones is 1. The fraction of sp³-hybridized carbons (Fsp3) is 0.130. The zero-order chi connectivity index (χ0) is 20.2. The number of carbonyl (C=O) groups is 2. The van der Waals surface area contributed by atoms with Crippen LogP contribution in [0.25, 0.3) is 6.08 Å². The summed E-state index contributed by atoms with van der Waals surface area (Å²) in [5.74, 6) is 0.436. The molecule has 0 amide bonds. The van der Waals surface area contributed by atoms with E-state index in [2.05, 4.69) is 0 Å². The van der Waals surface area contributed by atoms with Gasteiger partial charge in [-0.1, -0.05) is 36.4 Å². The lowest BCUT2D eigenvalue weighted by Gasteiger charge is -2.18. The molecule has 0 N–H and O–H groups in total. The van der Waals surface area contributed by atoms with E-state index in [1.807, 2.05) is 35.7 Å². The van der Waals surface area contributed by atoms with Crippen molar-refractivity contribution in [3.8, 4) is 11.5 Å². The minimum absolute atomic E-state index is 0.176. The Morgan fingerprint density at radius 1 is 1.14 bits per heavy atom. The average molecular weight is 406 g/mol. The highest BCUT2D eigenvalue weighted by Crippen LogP contribution is 2.36. The summed E-state index contributed by atoms with van der Waals surface area (Å²) in [4.78, 5) is 25.9. The second kappa shape index (κ2) is 8.32. The van der Waals surface area contributed by atoms with Gasteiger partial charge in [-0.25, -0.2) is 4.79 Å². The van der Waals surface area contributed by atoms with E-state index in [1.165, 1.54) is 11.3 Å². The summed E-state index contributed by atoms with van der Waals surface area (Å²) >= 11 is 1.52. The maximum absolute atomic E-state index is 12.6. The van der Waals surface area contributed by atoms with Crippen molar-refractivity contribution >= 4 is 29.2 Å². The van der Waals surface area contributed by atoms with E-state index in [0.717, 1.165) is 4.88 Å². The van der Waals surface area contributed by atoms with Crippen LogP contribution in [0.15, 0.2) is 71.8 Å². The molecule has 0 bridgehead atoms. The predicted octanol–water partition coefficient (Wildman–Crippen LogP) is 5.05. The molecular weight excluding hydrogens is 388 g/mol. The van der Waals surface area contributed by atoms with Crippen molar-refractivity contribution in [2.24, 2.45) is 0 Å². The average Bonchev–Trinajstić information content (AvgIpc) is 3.35. The van der Waals surface area contributed by atoms with E-state index in [-0.39, 0.29) is 18.1 Å². The fourth-order valence-corrected chi connectivity index (χ4v) is 3.62. The number of allylic oxidation sites excluding steroid dienone is 1. The second-order valence-electron chi connectivity index (χ2n) is 6.27. The third-order valence-electron chi connectivity index (χ3n) is 4.31. The third kappa shape index (κ3) is 4.07. The van der Waals surface area contributed by atoms with Crippen LogP contribution in [0.5, 0.6) is 11.5 Å². The van der Waals surface area contributed by atoms with Crippen LogP contribution in [0.4, 0.5) is 0 Å². The SMILES string of the molecule is CCOC(=O)C(Oc1ccc2c(c1)O/C(=C\c1cccs1)C2=O)c1ccccc1. The van der Waals surface area contributed by atoms with E-state index in [9.17, 15) is 9.59 Å². The maximum Gasteiger partial charge on any atom is 0.352 e. The van der Waals surface area contributed by atoms with Gasteiger partial charge in [0.05, 0.1) is 12.2 Å². The highest BCUT2D eigenvalue weighted by atomic mass is 32.1. The standard InChI is InChI=1S/C23H18O5S/c1-2-26-23(25)22(15-7-4-3-5-8-15)27-16-10-11-18-19(13-16)28-20(21(18)24)14-17-9-6-12-29-17/h3-14,22H,2H2,1H3/b20-14-. The summed E-state index contributed by atoms with van der Waals surface area (Å²) in [6.45, 7) is 2.00. The molecule has 0 saturated carbocycles. The lowest BCUT2D eigenvalue weighted by molar-refractivity contribution is -0.151. The Morgan fingerprint density at radius 3 is 2.69 bits per heavy atom. The minimum atomic E-state index is -0.910. The van der Waals surface area contributed by atoms with Gasteiger partial charge in [-0.3, -0.25) is 4.79 Å². The lowest BCUT2D eigenvalue weighted by Crippen LogP contribution is -2.21. The Balaban J connectivity index is 1.59. The highest BCUT2D eigenvalue weighted by molar-refractivity contribution is 7.10. The Hall–Kier alpha value is -3.38. The van der Waals surface area contributed by atoms with Crippen LogP contribution in [0.2, 0.25) is 0 Å². The molecule has 2 heterocycles. The van der Waals surface area contributed by atoms with Gasteiger partial charge in [0.1, 0.15) is 11.5 Å². The molecular formula is C23H18O5S. The first-order chi connectivity index (χ1) is 14.2. The smallest absolute Gasteiger partial charge is 0.352 e. The number of Topliss-reactive ketones (excluding diaryl/α,β-unsaturated/α-hetero) is 1. The van der Waals surface area contributed by atoms with Crippen molar-refractivity contribution in [3.63, 3.8) is 0 Å². The minimum Gasteiger partial charge on any atom is -0.474 e. The molecule has 2 aromatic carbocycles. The number of thiophene rings is 1. The quantitative estimate of drug-likeness (QED) is 0.424. The molecule has 1 unspecified atom stereocenters. The molecule has 1 aliphatic heterocycles. The molecule has 146 valence electrons. The number of hydrogen-bond acceptors (Lipinski definition) is 6. The Kier molecular flexibility index (Phi) is 5.44. The fourth-order valence-electron chi connectivity index (χ4n) is 2.98. The summed E-state index contributed by atoms with van der Waals surface area (Å²) in [6.07, 6.45) is 0.811. The molecule has 0 fully saturated rings. The molecule has 1 aromatic heterocycles. The molecule has 0 radical (unpaired) electrons. The first-order valence-corrected chi connectivity index (χ1v) is 10.0. The lowest BCUT2D eigenvalue weighted by atomic mass is 10.1. The number of rotatable bonds is 6. The zero-order valence-corrected chi connectivity index (χ0v) is 16.5. The molecule has 4 rings (SSSR count). The van der Waals surface area contributed by atoms with E-state index in [1.54, 1.807) is 43.3 Å². The van der Waals surface area contributed by atoms with Crippen LogP contribution in [0.1, 0.15) is 33.8 Å². The second-order valence-corrected chi connectivity index (χ2v) is 7.25. The van der Waals surface area contributed by atoms with Crippen molar-refractivity contribution in [2.75, 3.05) is 6.61 Å². The summed E-state index contributed by atoms with van der Waals surface area (Å²) < 4.78 is 16.8. The molecule has 0 spiro atoms. The molecule has 0 aliphatic carbocycles. The third-order valence-corrected chi connectivity index (χ3v) is 5.13. The number of ether oxygens (including phenoxy) is 3. The molecule has 5 nitrogen and oxygen atoms in total. The Morgan fingerprint density at radius 2 is 1.97 bits per heavy atom. The highest BCUT2D eigenvalue weighted by Gasteiger charge is 2.29. The Bertz CT molecular complexity index is 1050. The molecule has 1 atom stereocenters. The van der Waals surface area contributed by atoms with Crippen LogP contribution in [0, 0.1) is 0 Å². The largest absolute Gasteiger partial charge is 0.474 e. The van der Waals surface area contributed by atoms with Gasteiger partial charge in [0.2, 0.25) is 11.9 Å². The van der Waals surface area contributed by atoms with Crippen molar-refractivity contribution in [1.82, 2.24) is 0 Å². The topological polar surface area (TPSA) is 61.8 Å². The normalized spacial score (nSPS) is 14.9. The first kappa shape index (κ1) is 19.0. The van der Waals surface area contributed by atoms with Crippen LogP contribution >= 0.6 is 11.3 Å². The monoisotopic (exact) mass is 406 g/mol. The number of hydrogen-bond donors (Lipinski definition) is 0. The van der Waals surface area contributed by atoms with Crippen LogP contribution < -0.4 is 9.47 Å². The van der Waals surface area contributed by atoms with E-state index in [0.29, 0.717) is 22.6 Å². The van der Waals surface area contributed by atoms with Gasteiger partial charge in [0.15, 0.2) is 5.76 Å². The predicted molar refractivity (Wildman–Crippen MR) is 110 cm³/mol. The van der Waals surface area contributed by atoms with E-state index >= 15 is 0 Å². The van der Waals surface area contributed by atoms with Crippen LogP contribution in [-0.2, 0) is 9.53 Å². The van der Waals surface area contributed by atoms with Crippen molar-refractivity contribution in [2.45, 2.75) is 13.0 Å². The first-order valence-electron chi connectivity index (χ1n) is 9.15. The van der Waals surface area contributed by atoms with Gasteiger partial charge in [-0.15, -0.1) is 11.3 Å². The van der Waals surface area contributed by atoms with Gasteiger partial charge in [0, 0.05) is 22.6 Å². The van der Waals surface area contributed by atoms with E-state index < -0.39 is 12.1 Å². The van der Waals surface area contributed by atoms with Gasteiger partial charge < -0.3 is 14.2 Å². The van der Waals surface area contributed by atoms with Gasteiger partial charge in [-0.05, 0) is 30.5 Å². The van der Waals surface area contributed by atoms with Crippen molar-refractivity contribution in [3.05, 3.63) is 87.8 Å². The summed E-state index contributed by atoms with van der Waals surface area (Å²) in [5, 5.41) is 1.93. The van der Waals surface area contributed by atoms with Gasteiger partial charge >= 0.3 is 5.97 Å². The van der Waals surface area contributed by atoms with Crippen LogP contribution in [-0.4, -0.2) is 18.4 Å². The number of esters is 1. The van der Waals surface area contributed by atoms with Gasteiger partial charge in [-0.2, -0.15) is 0 Å². The molecule has 6 heteroatoms. The van der Waals surface area contributed by atoms with Crippen molar-refractivity contribution < 1.29 is 23.8 Å². The summed E-state index contributed by atoms with van der Waals surface area (Å²) in [5.41, 5.74) is 1.15. The number of carbonyl (C=O) groups excluding carboxylic acids is 2. The molecule has 1 aliphatic rings.